The first-order valence-corrected chi connectivity index (χ1v) is 5.07. The molecular weight excluding hydrogens is 170 g/mol. The Hall–Kier alpha value is -1.24. The molecule has 0 unspecified atom stereocenters. The number of aryl methyl sites for hydroxylation is 1. The first kappa shape index (κ1) is 9.32. The van der Waals surface area contributed by atoms with Crippen molar-refractivity contribution in [2.75, 3.05) is 0 Å². The van der Waals surface area contributed by atoms with Crippen LogP contribution in [-0.4, -0.2) is 4.98 Å². The lowest BCUT2D eigenvalue weighted by atomic mass is 9.85. The lowest BCUT2D eigenvalue weighted by molar-refractivity contribution is 0.595. The highest BCUT2D eigenvalue weighted by Gasteiger charge is 2.17. The zero-order valence-corrected chi connectivity index (χ0v) is 9.31. The summed E-state index contributed by atoms with van der Waals surface area (Å²) in [7, 11) is 0. The summed E-state index contributed by atoms with van der Waals surface area (Å²) in [5, 5.41) is 1.34. The van der Waals surface area contributed by atoms with E-state index in [4.69, 9.17) is 0 Å². The number of nitrogens with one attached hydrogen (secondary N) is 1. The minimum absolute atomic E-state index is 0.205. The molecule has 1 aromatic carbocycles. The van der Waals surface area contributed by atoms with Gasteiger partial charge >= 0.3 is 0 Å². The molecule has 0 saturated heterocycles. The van der Waals surface area contributed by atoms with Crippen LogP contribution >= 0.6 is 0 Å². The summed E-state index contributed by atoms with van der Waals surface area (Å²) in [6.07, 6.45) is 2.02. The summed E-state index contributed by atoms with van der Waals surface area (Å²) in [6, 6.07) is 6.59. The average molecular weight is 187 g/mol. The van der Waals surface area contributed by atoms with E-state index in [1.165, 1.54) is 22.0 Å². The van der Waals surface area contributed by atoms with Crippen LogP contribution in [0.25, 0.3) is 10.9 Å². The highest BCUT2D eigenvalue weighted by atomic mass is 14.7. The van der Waals surface area contributed by atoms with Gasteiger partial charge in [0.1, 0.15) is 0 Å². The number of aromatic amines is 1. The Balaban J connectivity index is 2.80. The molecule has 0 amide bonds. The molecular formula is C13H17N. The average Bonchev–Trinajstić information content (AvgIpc) is 2.50. The molecule has 0 aliphatic carbocycles. The molecule has 1 N–H and O–H groups in total. The van der Waals surface area contributed by atoms with Gasteiger partial charge in [-0.15, -0.1) is 0 Å². The first-order chi connectivity index (χ1) is 6.50. The van der Waals surface area contributed by atoms with Crippen LogP contribution in [0.5, 0.6) is 0 Å². The monoisotopic (exact) mass is 187 g/mol. The molecule has 0 saturated carbocycles. The van der Waals surface area contributed by atoms with Crippen molar-refractivity contribution in [2.24, 2.45) is 0 Å². The van der Waals surface area contributed by atoms with Crippen LogP contribution in [-0.2, 0) is 5.41 Å². The smallest absolute Gasteiger partial charge is 0.0494 e. The minimum atomic E-state index is 0.205. The van der Waals surface area contributed by atoms with E-state index in [0.717, 1.165) is 0 Å². The van der Waals surface area contributed by atoms with Crippen molar-refractivity contribution in [3.63, 3.8) is 0 Å². The van der Waals surface area contributed by atoms with Crippen LogP contribution in [0.15, 0.2) is 24.4 Å². The molecule has 1 aromatic heterocycles. The van der Waals surface area contributed by atoms with Crippen molar-refractivity contribution in [3.8, 4) is 0 Å². The summed E-state index contributed by atoms with van der Waals surface area (Å²) in [6.45, 7) is 8.90. The third-order valence-corrected chi connectivity index (χ3v) is 2.75. The molecule has 0 bridgehead atoms. The molecule has 0 aliphatic rings. The number of hydrogen-bond acceptors (Lipinski definition) is 0. The van der Waals surface area contributed by atoms with E-state index in [1.807, 2.05) is 6.20 Å². The molecule has 1 heterocycles. The maximum Gasteiger partial charge on any atom is 0.0494 e. The normalized spacial score (nSPS) is 12.3. The van der Waals surface area contributed by atoms with Gasteiger partial charge in [-0.3, -0.25) is 0 Å². The van der Waals surface area contributed by atoms with Crippen molar-refractivity contribution < 1.29 is 0 Å². The Morgan fingerprint density at radius 2 is 1.79 bits per heavy atom. The molecule has 1 heteroatoms. The lowest BCUT2D eigenvalue weighted by Gasteiger charge is -2.20. The van der Waals surface area contributed by atoms with Crippen molar-refractivity contribution in [1.82, 2.24) is 4.98 Å². The van der Waals surface area contributed by atoms with Gasteiger partial charge < -0.3 is 4.98 Å². The predicted octanol–water partition coefficient (Wildman–Crippen LogP) is 3.77. The van der Waals surface area contributed by atoms with Crippen LogP contribution < -0.4 is 0 Å². The number of aromatic nitrogens is 1. The fourth-order valence-electron chi connectivity index (χ4n) is 1.93. The van der Waals surface area contributed by atoms with Gasteiger partial charge in [-0.2, -0.15) is 0 Å². The Kier molecular flexibility index (Phi) is 1.91. The van der Waals surface area contributed by atoms with Crippen LogP contribution in [0.2, 0.25) is 0 Å². The van der Waals surface area contributed by atoms with Crippen molar-refractivity contribution in [3.05, 3.63) is 35.5 Å². The van der Waals surface area contributed by atoms with Gasteiger partial charge in [0.05, 0.1) is 0 Å². The Morgan fingerprint density at radius 3 is 2.43 bits per heavy atom. The SMILES string of the molecule is Cc1ccc(C(C)(C)C)c2[nH]ccc12. The first-order valence-electron chi connectivity index (χ1n) is 5.07. The molecule has 0 radical (unpaired) electrons. The highest BCUT2D eigenvalue weighted by molar-refractivity contribution is 5.86. The number of fused-ring (bicyclic) bond motifs is 1. The predicted molar refractivity (Wildman–Crippen MR) is 61.7 cm³/mol. The molecule has 74 valence electrons. The summed E-state index contributed by atoms with van der Waals surface area (Å²) in [5.41, 5.74) is 4.23. The van der Waals surface area contributed by atoms with Gasteiger partial charge in [-0.25, -0.2) is 0 Å². The van der Waals surface area contributed by atoms with Gasteiger partial charge in [0.25, 0.3) is 0 Å². The maximum atomic E-state index is 3.34. The van der Waals surface area contributed by atoms with E-state index in [0.29, 0.717) is 0 Å². The molecule has 14 heavy (non-hydrogen) atoms. The third kappa shape index (κ3) is 1.33. The van der Waals surface area contributed by atoms with E-state index in [1.54, 1.807) is 0 Å². The van der Waals surface area contributed by atoms with Gasteiger partial charge in [0.15, 0.2) is 0 Å². The Labute approximate surface area is 85.1 Å². The highest BCUT2D eigenvalue weighted by Crippen LogP contribution is 2.30. The second-order valence-electron chi connectivity index (χ2n) is 4.95. The summed E-state index contributed by atoms with van der Waals surface area (Å²) in [4.78, 5) is 3.34. The van der Waals surface area contributed by atoms with Gasteiger partial charge in [0.2, 0.25) is 0 Å². The summed E-state index contributed by atoms with van der Waals surface area (Å²) < 4.78 is 0. The fraction of sp³-hybridized carbons (Fsp3) is 0.385. The fourth-order valence-corrected chi connectivity index (χ4v) is 1.93. The number of rotatable bonds is 0. The lowest BCUT2D eigenvalue weighted by Crippen LogP contribution is -2.11. The van der Waals surface area contributed by atoms with E-state index in [9.17, 15) is 0 Å². The van der Waals surface area contributed by atoms with E-state index in [-0.39, 0.29) is 5.41 Å². The van der Waals surface area contributed by atoms with Gasteiger partial charge in [-0.1, -0.05) is 32.9 Å². The van der Waals surface area contributed by atoms with Gasteiger partial charge in [0, 0.05) is 17.1 Å². The molecule has 2 aromatic rings. The van der Waals surface area contributed by atoms with Crippen molar-refractivity contribution in [1.29, 1.82) is 0 Å². The van der Waals surface area contributed by atoms with E-state index < -0.39 is 0 Å². The molecule has 1 nitrogen and oxygen atoms in total. The number of benzene rings is 1. The minimum Gasteiger partial charge on any atom is -0.361 e. The number of H-pyrrole nitrogens is 1. The quantitative estimate of drug-likeness (QED) is 0.646. The van der Waals surface area contributed by atoms with Crippen molar-refractivity contribution >= 4 is 10.9 Å². The number of hydrogen-bond donors (Lipinski definition) is 1. The van der Waals surface area contributed by atoms with Crippen molar-refractivity contribution in [2.45, 2.75) is 33.1 Å². The molecule has 2 rings (SSSR count). The zero-order valence-electron chi connectivity index (χ0n) is 9.31. The van der Waals surface area contributed by atoms with Crippen LogP contribution in [0, 0.1) is 6.92 Å². The van der Waals surface area contributed by atoms with E-state index >= 15 is 0 Å². The molecule has 0 aliphatic heterocycles. The molecule has 0 atom stereocenters. The Morgan fingerprint density at radius 1 is 1.07 bits per heavy atom. The second-order valence-corrected chi connectivity index (χ2v) is 4.95. The standard InChI is InChI=1S/C13H17N/c1-9-5-6-11(13(2,3)4)12-10(9)7-8-14-12/h5-8,14H,1-4H3. The maximum absolute atomic E-state index is 3.34. The van der Waals surface area contributed by atoms with Crippen LogP contribution in [0.1, 0.15) is 31.9 Å². The second kappa shape index (κ2) is 2.88. The third-order valence-electron chi connectivity index (χ3n) is 2.75. The summed E-state index contributed by atoms with van der Waals surface area (Å²) >= 11 is 0. The summed E-state index contributed by atoms with van der Waals surface area (Å²) in [5.74, 6) is 0. The van der Waals surface area contributed by atoms with E-state index in [2.05, 4.69) is 50.9 Å². The Bertz CT molecular complexity index is 458. The van der Waals surface area contributed by atoms with Gasteiger partial charge in [-0.05, 0) is 29.5 Å². The van der Waals surface area contributed by atoms with Crippen LogP contribution in [0.3, 0.4) is 0 Å². The topological polar surface area (TPSA) is 15.8 Å². The molecule has 0 spiro atoms. The largest absolute Gasteiger partial charge is 0.361 e. The zero-order chi connectivity index (χ0) is 10.3. The molecule has 0 fully saturated rings. The van der Waals surface area contributed by atoms with Crippen LogP contribution in [0.4, 0.5) is 0 Å².